The maximum absolute atomic E-state index is 12.1. The van der Waals surface area contributed by atoms with Crippen molar-refractivity contribution in [2.75, 3.05) is 0 Å². The Morgan fingerprint density at radius 1 is 1.12 bits per heavy atom. The minimum absolute atomic E-state index is 0.0624. The second-order valence-corrected chi connectivity index (χ2v) is 4.99. The van der Waals surface area contributed by atoms with Crippen molar-refractivity contribution >= 4 is 0 Å². The highest BCUT2D eigenvalue weighted by Crippen LogP contribution is 2.36. The Balaban J connectivity index is 2.02. The van der Waals surface area contributed by atoms with E-state index in [1.54, 1.807) is 0 Å². The first-order chi connectivity index (χ1) is 8.10. The van der Waals surface area contributed by atoms with Crippen molar-refractivity contribution in [2.45, 2.75) is 50.5 Å². The molecule has 0 unspecified atom stereocenters. The summed E-state index contributed by atoms with van der Waals surface area (Å²) in [5.41, 5.74) is 8.27. The van der Waals surface area contributed by atoms with Gasteiger partial charge in [-0.1, -0.05) is 37.1 Å². The van der Waals surface area contributed by atoms with Gasteiger partial charge in [0.25, 0.3) is 0 Å². The highest BCUT2D eigenvalue weighted by Gasteiger charge is 2.30. The molecule has 0 bridgehead atoms. The van der Waals surface area contributed by atoms with Crippen LogP contribution in [0.3, 0.4) is 0 Å². The van der Waals surface area contributed by atoms with Gasteiger partial charge in [0.05, 0.1) is 0 Å². The maximum Gasteiger partial charge on any atom is 0.239 e. The minimum atomic E-state index is -2.22. The number of nitrogens with two attached hydrogens (primary N) is 1. The molecule has 1 aliphatic carbocycles. The first-order valence-corrected chi connectivity index (χ1v) is 6.27. The van der Waals surface area contributed by atoms with E-state index in [2.05, 4.69) is 0 Å². The normalized spacial score (nSPS) is 18.8. The lowest BCUT2D eigenvalue weighted by Crippen LogP contribution is -2.32. The first-order valence-electron chi connectivity index (χ1n) is 6.27. The molecule has 17 heavy (non-hydrogen) atoms. The Kier molecular flexibility index (Phi) is 3.77. The number of alkyl halides is 2. The molecule has 3 heteroatoms. The minimum Gasteiger partial charge on any atom is -0.321 e. The van der Waals surface area contributed by atoms with Gasteiger partial charge in [-0.05, 0) is 30.4 Å². The quantitative estimate of drug-likeness (QED) is 0.853. The Labute approximate surface area is 101 Å². The molecule has 0 spiro atoms. The predicted molar refractivity (Wildman–Crippen MR) is 65.1 cm³/mol. The first kappa shape index (κ1) is 12.5. The molecule has 0 atom stereocenters. The lowest BCUT2D eigenvalue weighted by molar-refractivity contribution is 0.138. The zero-order valence-electron chi connectivity index (χ0n) is 9.96. The van der Waals surface area contributed by atoms with Gasteiger partial charge >= 0.3 is 0 Å². The summed E-state index contributed by atoms with van der Waals surface area (Å²) < 4.78 is 24.2. The number of halogens is 2. The predicted octanol–water partition coefficient (Wildman–Crippen LogP) is 3.61. The topological polar surface area (TPSA) is 26.0 Å². The van der Waals surface area contributed by atoms with Crippen molar-refractivity contribution < 1.29 is 8.78 Å². The fourth-order valence-electron chi connectivity index (χ4n) is 2.57. The number of hydrogen-bond donors (Lipinski definition) is 1. The SMILES string of the molecule is NC1(c2ccc(CCC(F)F)cc2)CCCC1. The number of aryl methyl sites for hydroxylation is 1. The van der Waals surface area contributed by atoms with Crippen molar-refractivity contribution in [3.05, 3.63) is 35.4 Å². The van der Waals surface area contributed by atoms with E-state index in [1.807, 2.05) is 24.3 Å². The van der Waals surface area contributed by atoms with E-state index in [-0.39, 0.29) is 12.0 Å². The second-order valence-electron chi connectivity index (χ2n) is 4.99. The fraction of sp³-hybridized carbons (Fsp3) is 0.571. The zero-order chi connectivity index (χ0) is 12.3. The van der Waals surface area contributed by atoms with E-state index in [1.165, 1.54) is 12.8 Å². The standard InChI is InChI=1S/C14H19F2N/c15-13(16)8-5-11-3-6-12(7-4-11)14(17)9-1-2-10-14/h3-4,6-7,13H,1-2,5,8-10,17H2. The molecule has 0 aromatic heterocycles. The van der Waals surface area contributed by atoms with Crippen LogP contribution in [0.1, 0.15) is 43.2 Å². The molecule has 0 amide bonds. The summed E-state index contributed by atoms with van der Waals surface area (Å²) in [5, 5.41) is 0. The third-order valence-corrected chi connectivity index (χ3v) is 3.68. The Hall–Kier alpha value is -0.960. The molecule has 1 aromatic carbocycles. The Bertz CT molecular complexity index is 353. The molecule has 1 saturated carbocycles. The van der Waals surface area contributed by atoms with Gasteiger partial charge in [-0.2, -0.15) is 0 Å². The summed E-state index contributed by atoms with van der Waals surface area (Å²) in [6.07, 6.45) is 2.59. The summed E-state index contributed by atoms with van der Waals surface area (Å²) in [6, 6.07) is 7.88. The van der Waals surface area contributed by atoms with Crippen molar-refractivity contribution in [3.63, 3.8) is 0 Å². The number of benzene rings is 1. The molecular formula is C14H19F2N. The van der Waals surface area contributed by atoms with E-state index in [0.717, 1.165) is 24.0 Å². The molecule has 1 nitrogen and oxygen atoms in total. The monoisotopic (exact) mass is 239 g/mol. The van der Waals surface area contributed by atoms with E-state index in [4.69, 9.17) is 5.73 Å². The summed E-state index contributed by atoms with van der Waals surface area (Å²) >= 11 is 0. The van der Waals surface area contributed by atoms with Gasteiger partial charge in [0, 0.05) is 12.0 Å². The van der Waals surface area contributed by atoms with Gasteiger partial charge in [0.1, 0.15) is 0 Å². The number of hydrogen-bond acceptors (Lipinski definition) is 1. The lowest BCUT2D eigenvalue weighted by Gasteiger charge is -2.24. The molecule has 1 fully saturated rings. The van der Waals surface area contributed by atoms with Crippen LogP contribution in [0.25, 0.3) is 0 Å². The lowest BCUT2D eigenvalue weighted by atomic mass is 9.88. The summed E-state index contributed by atoms with van der Waals surface area (Å²) in [6.45, 7) is 0. The zero-order valence-corrected chi connectivity index (χ0v) is 9.96. The molecule has 1 aromatic rings. The molecule has 2 N–H and O–H groups in total. The van der Waals surface area contributed by atoms with Crippen LogP contribution >= 0.6 is 0 Å². The van der Waals surface area contributed by atoms with Crippen LogP contribution in [0.15, 0.2) is 24.3 Å². The van der Waals surface area contributed by atoms with Gasteiger partial charge in [-0.25, -0.2) is 8.78 Å². The van der Waals surface area contributed by atoms with Crippen LogP contribution < -0.4 is 5.73 Å². The van der Waals surface area contributed by atoms with Gasteiger partial charge in [-0.15, -0.1) is 0 Å². The largest absolute Gasteiger partial charge is 0.321 e. The fourth-order valence-corrected chi connectivity index (χ4v) is 2.57. The molecule has 0 aliphatic heterocycles. The van der Waals surface area contributed by atoms with Crippen molar-refractivity contribution in [3.8, 4) is 0 Å². The maximum atomic E-state index is 12.1. The third-order valence-electron chi connectivity index (χ3n) is 3.68. The molecule has 0 heterocycles. The summed E-state index contributed by atoms with van der Waals surface area (Å²) in [7, 11) is 0. The van der Waals surface area contributed by atoms with Gasteiger partial charge in [0.15, 0.2) is 0 Å². The van der Waals surface area contributed by atoms with Crippen molar-refractivity contribution in [2.24, 2.45) is 5.73 Å². The smallest absolute Gasteiger partial charge is 0.239 e. The van der Waals surface area contributed by atoms with Gasteiger partial charge in [0.2, 0.25) is 6.43 Å². The highest BCUT2D eigenvalue weighted by atomic mass is 19.3. The number of rotatable bonds is 4. The van der Waals surface area contributed by atoms with E-state index >= 15 is 0 Å². The van der Waals surface area contributed by atoms with Crippen molar-refractivity contribution in [1.82, 2.24) is 0 Å². The Morgan fingerprint density at radius 2 is 1.71 bits per heavy atom. The van der Waals surface area contributed by atoms with Crippen molar-refractivity contribution in [1.29, 1.82) is 0 Å². The van der Waals surface area contributed by atoms with Crippen LogP contribution in [0.5, 0.6) is 0 Å². The van der Waals surface area contributed by atoms with Crippen LogP contribution in [0, 0.1) is 0 Å². The molecule has 0 saturated heterocycles. The second kappa shape index (κ2) is 5.13. The van der Waals surface area contributed by atoms with Gasteiger partial charge in [-0.3, -0.25) is 0 Å². The van der Waals surface area contributed by atoms with Gasteiger partial charge < -0.3 is 5.73 Å². The van der Waals surface area contributed by atoms with E-state index < -0.39 is 6.43 Å². The highest BCUT2D eigenvalue weighted by molar-refractivity contribution is 5.29. The molecule has 2 rings (SSSR count). The third kappa shape index (κ3) is 3.03. The van der Waals surface area contributed by atoms with E-state index in [9.17, 15) is 8.78 Å². The summed E-state index contributed by atoms with van der Waals surface area (Å²) in [5.74, 6) is 0. The van der Waals surface area contributed by atoms with Crippen LogP contribution in [0.2, 0.25) is 0 Å². The average molecular weight is 239 g/mol. The molecule has 94 valence electrons. The van der Waals surface area contributed by atoms with Crippen LogP contribution in [-0.2, 0) is 12.0 Å². The molecule has 1 aliphatic rings. The van der Waals surface area contributed by atoms with E-state index in [0.29, 0.717) is 6.42 Å². The molecular weight excluding hydrogens is 220 g/mol. The van der Waals surface area contributed by atoms with Crippen LogP contribution in [-0.4, -0.2) is 6.43 Å². The summed E-state index contributed by atoms with van der Waals surface area (Å²) in [4.78, 5) is 0. The average Bonchev–Trinajstić information content (AvgIpc) is 2.75. The molecule has 0 radical (unpaired) electrons. The van der Waals surface area contributed by atoms with Crippen LogP contribution in [0.4, 0.5) is 8.78 Å². The Morgan fingerprint density at radius 3 is 2.24 bits per heavy atom.